The van der Waals surface area contributed by atoms with E-state index in [1.807, 2.05) is 38.1 Å². The van der Waals surface area contributed by atoms with Crippen LogP contribution in [0, 0.1) is 0 Å². The zero-order valence-electron chi connectivity index (χ0n) is 15.4. The average Bonchev–Trinajstić information content (AvgIpc) is 2.67. The number of amides is 1. The second kappa shape index (κ2) is 9.73. The summed E-state index contributed by atoms with van der Waals surface area (Å²) in [6.07, 6.45) is 2.35. The first kappa shape index (κ1) is 19.7. The number of rotatable bonds is 9. The molecule has 1 aromatic carbocycles. The van der Waals surface area contributed by atoms with Gasteiger partial charge < -0.3 is 14.7 Å². The first-order valence-electron chi connectivity index (χ1n) is 8.74. The third kappa shape index (κ3) is 5.43. The lowest BCUT2D eigenvalue weighted by Crippen LogP contribution is -2.41. The molecule has 2 aromatic rings. The lowest BCUT2D eigenvalue weighted by atomic mass is 10.1. The molecule has 1 aromatic heterocycles. The van der Waals surface area contributed by atoms with Crippen LogP contribution in [0.25, 0.3) is 0 Å². The van der Waals surface area contributed by atoms with Gasteiger partial charge in [-0.2, -0.15) is 0 Å². The Kier molecular flexibility index (Phi) is 7.36. The number of hydrogen-bond donors (Lipinski definition) is 1. The van der Waals surface area contributed by atoms with E-state index in [4.69, 9.17) is 4.74 Å². The van der Waals surface area contributed by atoms with Crippen molar-refractivity contribution in [3.05, 3.63) is 72.1 Å². The van der Waals surface area contributed by atoms with Crippen molar-refractivity contribution >= 4 is 5.91 Å². The molecule has 26 heavy (non-hydrogen) atoms. The molecule has 5 nitrogen and oxygen atoms in total. The highest BCUT2D eigenvalue weighted by Gasteiger charge is 2.24. The number of aliphatic hydroxyl groups excluding tert-OH is 1. The smallest absolute Gasteiger partial charge is 0.254 e. The van der Waals surface area contributed by atoms with E-state index in [0.717, 1.165) is 11.3 Å². The molecule has 0 unspecified atom stereocenters. The van der Waals surface area contributed by atoms with Crippen LogP contribution in [0.5, 0.6) is 5.75 Å². The lowest BCUT2D eigenvalue weighted by molar-refractivity contribution is 0.0560. The van der Waals surface area contributed by atoms with Crippen LogP contribution in [-0.2, 0) is 6.54 Å². The van der Waals surface area contributed by atoms with Crippen molar-refractivity contribution in [1.82, 2.24) is 9.88 Å². The van der Waals surface area contributed by atoms with Gasteiger partial charge in [0, 0.05) is 11.8 Å². The lowest BCUT2D eigenvalue weighted by Gasteiger charge is -2.30. The molecule has 0 radical (unpaired) electrons. The van der Waals surface area contributed by atoms with Crippen LogP contribution in [-0.4, -0.2) is 40.2 Å². The van der Waals surface area contributed by atoms with E-state index in [1.165, 1.54) is 0 Å². The summed E-state index contributed by atoms with van der Waals surface area (Å²) in [6, 6.07) is 12.4. The second-order valence-electron chi connectivity index (χ2n) is 6.27. The van der Waals surface area contributed by atoms with Gasteiger partial charge in [0.2, 0.25) is 0 Å². The average molecular weight is 354 g/mol. The fourth-order valence-corrected chi connectivity index (χ4v) is 2.57. The topological polar surface area (TPSA) is 62.7 Å². The molecule has 0 aliphatic rings. The van der Waals surface area contributed by atoms with Crippen LogP contribution in [0.15, 0.2) is 60.8 Å². The predicted octanol–water partition coefficient (Wildman–Crippen LogP) is 3.45. The summed E-state index contributed by atoms with van der Waals surface area (Å²) >= 11 is 0. The zero-order chi connectivity index (χ0) is 18.9. The van der Waals surface area contributed by atoms with Crippen molar-refractivity contribution in [1.29, 1.82) is 0 Å². The van der Waals surface area contributed by atoms with E-state index in [-0.39, 0.29) is 18.6 Å². The monoisotopic (exact) mass is 354 g/mol. The SMILES string of the molecule is C=C(C)COc1cccc(C(=O)N(Cc2ccccn2)[C@H](CC)CO)c1. The van der Waals surface area contributed by atoms with Gasteiger partial charge in [-0.05, 0) is 49.2 Å². The molecule has 0 fully saturated rings. The van der Waals surface area contributed by atoms with E-state index >= 15 is 0 Å². The van der Waals surface area contributed by atoms with E-state index in [1.54, 1.807) is 29.3 Å². The Morgan fingerprint density at radius 3 is 2.73 bits per heavy atom. The quantitative estimate of drug-likeness (QED) is 0.701. The highest BCUT2D eigenvalue weighted by atomic mass is 16.5. The Bertz CT molecular complexity index is 727. The fourth-order valence-electron chi connectivity index (χ4n) is 2.57. The maximum atomic E-state index is 13.1. The van der Waals surface area contributed by atoms with E-state index in [0.29, 0.717) is 30.9 Å². The number of benzene rings is 1. The molecule has 0 spiro atoms. The largest absolute Gasteiger partial charge is 0.489 e. The minimum absolute atomic E-state index is 0.0963. The van der Waals surface area contributed by atoms with Crippen molar-refractivity contribution in [3.8, 4) is 5.75 Å². The number of ether oxygens (including phenoxy) is 1. The maximum Gasteiger partial charge on any atom is 0.254 e. The second-order valence-corrected chi connectivity index (χ2v) is 6.27. The first-order valence-corrected chi connectivity index (χ1v) is 8.74. The molecule has 1 amide bonds. The van der Waals surface area contributed by atoms with Crippen molar-refractivity contribution in [2.45, 2.75) is 32.9 Å². The summed E-state index contributed by atoms with van der Waals surface area (Å²) in [7, 11) is 0. The Balaban J connectivity index is 2.25. The highest BCUT2D eigenvalue weighted by Crippen LogP contribution is 2.19. The minimum atomic E-state index is -0.274. The number of aliphatic hydroxyl groups is 1. The molecule has 5 heteroatoms. The molecule has 0 aliphatic carbocycles. The summed E-state index contributed by atoms with van der Waals surface area (Å²) in [5.41, 5.74) is 2.21. The zero-order valence-corrected chi connectivity index (χ0v) is 15.4. The van der Waals surface area contributed by atoms with Gasteiger partial charge in [-0.1, -0.05) is 25.6 Å². The van der Waals surface area contributed by atoms with E-state index < -0.39 is 0 Å². The van der Waals surface area contributed by atoms with Crippen LogP contribution >= 0.6 is 0 Å². The minimum Gasteiger partial charge on any atom is -0.489 e. The maximum absolute atomic E-state index is 13.1. The summed E-state index contributed by atoms with van der Waals surface area (Å²) in [5, 5.41) is 9.72. The van der Waals surface area contributed by atoms with Crippen molar-refractivity contribution < 1.29 is 14.6 Å². The molecular weight excluding hydrogens is 328 g/mol. The van der Waals surface area contributed by atoms with Crippen LogP contribution in [0.1, 0.15) is 36.3 Å². The van der Waals surface area contributed by atoms with Crippen LogP contribution in [0.3, 0.4) is 0 Å². The number of aromatic nitrogens is 1. The molecule has 1 N–H and O–H groups in total. The van der Waals surface area contributed by atoms with Crippen molar-refractivity contribution in [2.75, 3.05) is 13.2 Å². The summed E-state index contributed by atoms with van der Waals surface area (Å²) in [5.74, 6) is 0.464. The van der Waals surface area contributed by atoms with Gasteiger partial charge in [0.25, 0.3) is 5.91 Å². The Morgan fingerprint density at radius 1 is 1.31 bits per heavy atom. The standard InChI is InChI=1S/C21H26N2O3/c1-4-19(14-24)23(13-18-9-5-6-11-22-18)21(25)17-8-7-10-20(12-17)26-15-16(2)3/h5-12,19,24H,2,4,13-15H2,1,3H3/t19-/m1/s1. The molecule has 0 bridgehead atoms. The van der Waals surface area contributed by atoms with Crippen LogP contribution in [0.2, 0.25) is 0 Å². The first-order chi connectivity index (χ1) is 12.5. The normalized spacial score (nSPS) is 11.7. The molecule has 0 aliphatic heterocycles. The molecule has 1 heterocycles. The van der Waals surface area contributed by atoms with Crippen molar-refractivity contribution in [2.24, 2.45) is 0 Å². The Labute approximate surface area is 154 Å². The molecular formula is C21H26N2O3. The van der Waals surface area contributed by atoms with Gasteiger partial charge in [0.15, 0.2) is 0 Å². The summed E-state index contributed by atoms with van der Waals surface area (Å²) in [4.78, 5) is 19.1. The summed E-state index contributed by atoms with van der Waals surface area (Å²) in [6.45, 7) is 8.30. The van der Waals surface area contributed by atoms with Crippen LogP contribution in [0.4, 0.5) is 0 Å². The van der Waals surface area contributed by atoms with Gasteiger partial charge in [-0.3, -0.25) is 9.78 Å². The van der Waals surface area contributed by atoms with Gasteiger partial charge in [0.05, 0.1) is 24.9 Å². The Morgan fingerprint density at radius 2 is 2.12 bits per heavy atom. The number of nitrogens with zero attached hydrogens (tertiary/aromatic N) is 2. The molecule has 2 rings (SSSR count). The number of carbonyl (C=O) groups excluding carboxylic acids is 1. The van der Waals surface area contributed by atoms with Crippen molar-refractivity contribution in [3.63, 3.8) is 0 Å². The Hall–Kier alpha value is -2.66. The van der Waals surface area contributed by atoms with E-state index in [2.05, 4.69) is 11.6 Å². The molecule has 138 valence electrons. The van der Waals surface area contributed by atoms with Crippen LogP contribution < -0.4 is 4.74 Å². The van der Waals surface area contributed by atoms with E-state index in [9.17, 15) is 9.90 Å². The molecule has 0 saturated carbocycles. The predicted molar refractivity (Wildman–Crippen MR) is 102 cm³/mol. The highest BCUT2D eigenvalue weighted by molar-refractivity contribution is 5.94. The fraction of sp³-hybridized carbons (Fsp3) is 0.333. The van der Waals surface area contributed by atoms with Gasteiger partial charge in [-0.15, -0.1) is 0 Å². The number of hydrogen-bond acceptors (Lipinski definition) is 4. The number of pyridine rings is 1. The number of carbonyl (C=O) groups is 1. The third-order valence-corrected chi connectivity index (χ3v) is 4.01. The van der Waals surface area contributed by atoms with Gasteiger partial charge >= 0.3 is 0 Å². The summed E-state index contributed by atoms with van der Waals surface area (Å²) < 4.78 is 5.64. The third-order valence-electron chi connectivity index (χ3n) is 4.01. The van der Waals surface area contributed by atoms with Gasteiger partial charge in [0.1, 0.15) is 12.4 Å². The molecule has 1 atom stereocenters. The van der Waals surface area contributed by atoms with Gasteiger partial charge in [-0.25, -0.2) is 0 Å². The molecule has 0 saturated heterocycles.